The summed E-state index contributed by atoms with van der Waals surface area (Å²) in [5.41, 5.74) is 2.41. The highest BCUT2D eigenvalue weighted by Crippen LogP contribution is 2.24. The average Bonchev–Trinajstić information content (AvgIpc) is 2.94. The fourth-order valence-electron chi connectivity index (χ4n) is 3.07. The van der Waals surface area contributed by atoms with Crippen molar-refractivity contribution in [3.8, 4) is 0 Å². The normalized spacial score (nSPS) is 18.1. The molecule has 1 fully saturated rings. The smallest absolute Gasteiger partial charge is 0.0916 e. The second kappa shape index (κ2) is 7.06. The van der Waals surface area contributed by atoms with Crippen LogP contribution in [0.3, 0.4) is 0 Å². The van der Waals surface area contributed by atoms with E-state index in [0.29, 0.717) is 6.04 Å². The third-order valence-electron chi connectivity index (χ3n) is 4.31. The molecule has 1 unspecified atom stereocenters. The van der Waals surface area contributed by atoms with Crippen molar-refractivity contribution in [1.29, 1.82) is 0 Å². The second-order valence-corrected chi connectivity index (χ2v) is 5.89. The van der Waals surface area contributed by atoms with E-state index in [0.717, 1.165) is 18.5 Å². The monoisotopic (exact) mass is 261 g/mol. The first-order chi connectivity index (χ1) is 9.20. The van der Waals surface area contributed by atoms with E-state index in [1.165, 1.54) is 37.7 Å². The lowest BCUT2D eigenvalue weighted by atomic mass is 10.0. The van der Waals surface area contributed by atoms with Crippen molar-refractivity contribution in [3.63, 3.8) is 0 Å². The number of aliphatic hydroxyl groups excluding tert-OH is 1. The minimum absolute atomic E-state index is 0.360. The Balaban J connectivity index is 1.89. The maximum Gasteiger partial charge on any atom is 0.0916 e. The molecule has 0 bridgehead atoms. The molecule has 1 aromatic rings. The van der Waals surface area contributed by atoms with Gasteiger partial charge in [0.15, 0.2) is 0 Å². The first-order valence-corrected chi connectivity index (χ1v) is 7.68. The quantitative estimate of drug-likeness (QED) is 0.846. The molecule has 1 aliphatic carbocycles. The lowest BCUT2D eigenvalue weighted by Gasteiger charge is -2.26. The van der Waals surface area contributed by atoms with E-state index in [9.17, 15) is 5.11 Å². The molecular formula is C17H27NO. The predicted molar refractivity (Wildman–Crippen MR) is 80.3 cm³/mol. The van der Waals surface area contributed by atoms with Crippen LogP contribution in [-0.4, -0.2) is 29.6 Å². The Hall–Kier alpha value is -0.860. The zero-order valence-corrected chi connectivity index (χ0v) is 12.3. The Bertz CT molecular complexity index is 367. The summed E-state index contributed by atoms with van der Waals surface area (Å²) in [6.45, 7) is 2.94. The van der Waals surface area contributed by atoms with Gasteiger partial charge in [0.05, 0.1) is 6.10 Å². The first-order valence-electron chi connectivity index (χ1n) is 7.68. The molecule has 1 aromatic carbocycles. The minimum Gasteiger partial charge on any atom is -0.387 e. The molecule has 1 N–H and O–H groups in total. The molecule has 0 radical (unpaired) electrons. The summed E-state index contributed by atoms with van der Waals surface area (Å²) in [6.07, 6.45) is 7.21. The van der Waals surface area contributed by atoms with Crippen molar-refractivity contribution in [1.82, 2.24) is 4.90 Å². The van der Waals surface area contributed by atoms with E-state index < -0.39 is 0 Å². The van der Waals surface area contributed by atoms with E-state index in [1.54, 1.807) is 0 Å². The molecule has 2 heteroatoms. The van der Waals surface area contributed by atoms with Gasteiger partial charge in [-0.1, -0.05) is 50.5 Å². The van der Waals surface area contributed by atoms with Gasteiger partial charge in [-0.15, -0.1) is 0 Å². The third kappa shape index (κ3) is 4.05. The molecule has 0 amide bonds. The number of benzene rings is 1. The van der Waals surface area contributed by atoms with Gasteiger partial charge >= 0.3 is 0 Å². The highest BCUT2D eigenvalue weighted by Gasteiger charge is 2.21. The van der Waals surface area contributed by atoms with Gasteiger partial charge in [0.1, 0.15) is 0 Å². The Morgan fingerprint density at radius 1 is 1.21 bits per heavy atom. The highest BCUT2D eigenvalue weighted by molar-refractivity contribution is 5.24. The van der Waals surface area contributed by atoms with Crippen LogP contribution in [0.5, 0.6) is 0 Å². The Kier molecular flexibility index (Phi) is 5.41. The fraction of sp³-hybridized carbons (Fsp3) is 0.647. The Labute approximate surface area is 117 Å². The fourth-order valence-corrected chi connectivity index (χ4v) is 3.07. The number of hydrogen-bond acceptors (Lipinski definition) is 2. The summed E-state index contributed by atoms with van der Waals surface area (Å²) < 4.78 is 0. The molecule has 0 heterocycles. The van der Waals surface area contributed by atoms with Crippen LogP contribution in [0.25, 0.3) is 0 Å². The van der Waals surface area contributed by atoms with Gasteiger partial charge in [-0.05, 0) is 37.4 Å². The largest absolute Gasteiger partial charge is 0.387 e. The topological polar surface area (TPSA) is 23.5 Å². The van der Waals surface area contributed by atoms with Crippen LogP contribution in [0.4, 0.5) is 0 Å². The zero-order chi connectivity index (χ0) is 13.7. The molecule has 1 atom stereocenters. The van der Waals surface area contributed by atoms with Gasteiger partial charge in [-0.3, -0.25) is 0 Å². The van der Waals surface area contributed by atoms with Gasteiger partial charge in [-0.25, -0.2) is 0 Å². The van der Waals surface area contributed by atoms with E-state index in [4.69, 9.17) is 0 Å². The Morgan fingerprint density at radius 2 is 1.84 bits per heavy atom. The van der Waals surface area contributed by atoms with Crippen LogP contribution in [0, 0.1) is 0 Å². The molecular weight excluding hydrogens is 234 g/mol. The van der Waals surface area contributed by atoms with Crippen LogP contribution in [-0.2, 0) is 6.42 Å². The SMILES string of the molecule is CCCc1ccc(C(O)CN(C)C2CCCC2)cc1. The van der Waals surface area contributed by atoms with E-state index in [1.807, 2.05) is 0 Å². The number of nitrogens with zero attached hydrogens (tertiary/aromatic N) is 1. The van der Waals surface area contributed by atoms with Crippen molar-refractivity contribution in [2.24, 2.45) is 0 Å². The molecule has 2 nitrogen and oxygen atoms in total. The molecule has 106 valence electrons. The van der Waals surface area contributed by atoms with Crippen molar-refractivity contribution in [3.05, 3.63) is 35.4 Å². The van der Waals surface area contributed by atoms with Gasteiger partial charge in [0.25, 0.3) is 0 Å². The zero-order valence-electron chi connectivity index (χ0n) is 12.3. The van der Waals surface area contributed by atoms with Crippen LogP contribution in [0.15, 0.2) is 24.3 Å². The van der Waals surface area contributed by atoms with E-state index in [-0.39, 0.29) is 6.10 Å². The van der Waals surface area contributed by atoms with E-state index in [2.05, 4.69) is 43.1 Å². The third-order valence-corrected chi connectivity index (χ3v) is 4.31. The van der Waals surface area contributed by atoms with Crippen LogP contribution in [0.2, 0.25) is 0 Å². The average molecular weight is 261 g/mol. The molecule has 1 aliphatic rings. The van der Waals surface area contributed by atoms with Crippen molar-refractivity contribution in [2.45, 2.75) is 57.6 Å². The highest BCUT2D eigenvalue weighted by atomic mass is 16.3. The number of likely N-dealkylation sites (N-methyl/N-ethyl adjacent to an activating group) is 1. The maximum atomic E-state index is 10.3. The lowest BCUT2D eigenvalue weighted by molar-refractivity contribution is 0.105. The Morgan fingerprint density at radius 3 is 2.42 bits per heavy atom. The lowest BCUT2D eigenvalue weighted by Crippen LogP contribution is -2.33. The molecule has 0 aromatic heterocycles. The standard InChI is InChI=1S/C17H27NO/c1-3-6-14-9-11-15(12-10-14)17(19)13-18(2)16-7-4-5-8-16/h9-12,16-17,19H,3-8,13H2,1-2H3. The predicted octanol–water partition coefficient (Wildman–Crippen LogP) is 3.55. The van der Waals surface area contributed by atoms with Crippen LogP contribution in [0.1, 0.15) is 56.3 Å². The molecule has 1 saturated carbocycles. The number of aryl methyl sites for hydroxylation is 1. The number of hydrogen-bond donors (Lipinski definition) is 1. The summed E-state index contributed by atoms with van der Waals surface area (Å²) in [7, 11) is 2.14. The van der Waals surface area contributed by atoms with E-state index >= 15 is 0 Å². The van der Waals surface area contributed by atoms with Gasteiger partial charge < -0.3 is 10.0 Å². The molecule has 0 spiro atoms. The summed E-state index contributed by atoms with van der Waals surface area (Å²) in [6, 6.07) is 9.14. The summed E-state index contributed by atoms with van der Waals surface area (Å²) in [5, 5.41) is 10.3. The summed E-state index contributed by atoms with van der Waals surface area (Å²) in [4.78, 5) is 2.33. The van der Waals surface area contributed by atoms with Crippen molar-refractivity contribution in [2.75, 3.05) is 13.6 Å². The molecule has 0 saturated heterocycles. The summed E-state index contributed by atoms with van der Waals surface area (Å²) in [5.74, 6) is 0. The number of aliphatic hydroxyl groups is 1. The van der Waals surface area contributed by atoms with Gasteiger partial charge in [0, 0.05) is 12.6 Å². The van der Waals surface area contributed by atoms with Gasteiger partial charge in [-0.2, -0.15) is 0 Å². The molecule has 19 heavy (non-hydrogen) atoms. The molecule has 2 rings (SSSR count). The second-order valence-electron chi connectivity index (χ2n) is 5.89. The van der Waals surface area contributed by atoms with Crippen molar-refractivity contribution < 1.29 is 5.11 Å². The van der Waals surface area contributed by atoms with Crippen LogP contribution >= 0.6 is 0 Å². The number of rotatable bonds is 6. The van der Waals surface area contributed by atoms with Crippen LogP contribution < -0.4 is 0 Å². The first kappa shape index (κ1) is 14.5. The maximum absolute atomic E-state index is 10.3. The van der Waals surface area contributed by atoms with Crippen molar-refractivity contribution >= 4 is 0 Å². The van der Waals surface area contributed by atoms with Gasteiger partial charge in [0.2, 0.25) is 0 Å². The summed E-state index contributed by atoms with van der Waals surface area (Å²) >= 11 is 0. The molecule has 0 aliphatic heterocycles. The minimum atomic E-state index is -0.360.